The topological polar surface area (TPSA) is 92.7 Å². The molecule has 2 rings (SSSR count). The number of hydrogen-bond donors (Lipinski definition) is 2. The minimum absolute atomic E-state index is 0.0273. The zero-order valence-corrected chi connectivity index (χ0v) is 13.3. The van der Waals surface area contributed by atoms with E-state index in [0.29, 0.717) is 5.56 Å². The maximum absolute atomic E-state index is 12.1. The zero-order chi connectivity index (χ0) is 16.9. The Morgan fingerprint density at radius 1 is 1.13 bits per heavy atom. The molecule has 0 fully saturated rings. The van der Waals surface area contributed by atoms with E-state index in [-0.39, 0.29) is 29.4 Å². The molecule has 23 heavy (non-hydrogen) atoms. The van der Waals surface area contributed by atoms with Crippen LogP contribution in [0.25, 0.3) is 0 Å². The molecule has 0 saturated carbocycles. The number of carbonyl (C=O) groups is 1. The molecule has 0 heterocycles. The van der Waals surface area contributed by atoms with Crippen LogP contribution in [0.2, 0.25) is 0 Å². The van der Waals surface area contributed by atoms with Gasteiger partial charge in [-0.2, -0.15) is 0 Å². The average Bonchev–Trinajstić information content (AvgIpc) is 2.52. The molecular formula is C16H17NO5S. The van der Waals surface area contributed by atoms with E-state index in [1.807, 2.05) is 0 Å². The fourth-order valence-electron chi connectivity index (χ4n) is 1.94. The molecule has 6 nitrogen and oxygen atoms in total. The van der Waals surface area contributed by atoms with Crippen LogP contribution in [-0.4, -0.2) is 32.6 Å². The molecule has 2 aromatic rings. The third-order valence-electron chi connectivity index (χ3n) is 3.11. The van der Waals surface area contributed by atoms with Gasteiger partial charge >= 0.3 is 5.97 Å². The molecule has 2 aromatic carbocycles. The van der Waals surface area contributed by atoms with Crippen molar-refractivity contribution in [3.8, 4) is 5.75 Å². The smallest absolute Gasteiger partial charge is 0.338 e. The van der Waals surface area contributed by atoms with Crippen molar-refractivity contribution in [2.45, 2.75) is 11.8 Å². The monoisotopic (exact) mass is 335 g/mol. The maximum atomic E-state index is 12.1. The lowest BCUT2D eigenvalue weighted by atomic mass is 10.2. The summed E-state index contributed by atoms with van der Waals surface area (Å²) < 4.78 is 31.6. The normalized spacial score (nSPS) is 11.2. The molecule has 0 aliphatic rings. The third-order valence-corrected chi connectivity index (χ3v) is 4.73. The fourth-order valence-corrected chi connectivity index (χ4v) is 3.19. The molecule has 0 amide bonds. The lowest BCUT2D eigenvalue weighted by molar-refractivity contribution is 0.0513. The Labute approximate surface area is 134 Å². The number of benzene rings is 2. The Morgan fingerprint density at radius 3 is 2.43 bits per heavy atom. The highest BCUT2D eigenvalue weighted by atomic mass is 32.2. The van der Waals surface area contributed by atoms with Gasteiger partial charge in [0.1, 0.15) is 12.4 Å². The summed E-state index contributed by atoms with van der Waals surface area (Å²) in [5.41, 5.74) is 0.922. The van der Waals surface area contributed by atoms with Crippen molar-refractivity contribution < 1.29 is 23.1 Å². The largest absolute Gasteiger partial charge is 0.508 e. The number of phenols is 1. The minimum Gasteiger partial charge on any atom is -0.508 e. The van der Waals surface area contributed by atoms with Gasteiger partial charge in [0.15, 0.2) is 0 Å². The van der Waals surface area contributed by atoms with Crippen LogP contribution in [0.1, 0.15) is 15.9 Å². The Balaban J connectivity index is 1.86. The fraction of sp³-hybridized carbons (Fsp3) is 0.188. The number of sulfonamides is 1. The van der Waals surface area contributed by atoms with E-state index in [2.05, 4.69) is 4.72 Å². The first-order chi connectivity index (χ1) is 10.9. The van der Waals surface area contributed by atoms with Gasteiger partial charge < -0.3 is 9.84 Å². The van der Waals surface area contributed by atoms with Gasteiger partial charge in [0.2, 0.25) is 10.0 Å². The first kappa shape index (κ1) is 17.0. The van der Waals surface area contributed by atoms with Gasteiger partial charge in [0.05, 0.1) is 10.5 Å². The first-order valence-electron chi connectivity index (χ1n) is 6.91. The summed E-state index contributed by atoms with van der Waals surface area (Å²) in [6, 6.07) is 12.2. The van der Waals surface area contributed by atoms with Gasteiger partial charge in [-0.15, -0.1) is 0 Å². The van der Waals surface area contributed by atoms with Gasteiger partial charge in [-0.05, 0) is 42.8 Å². The molecule has 0 spiro atoms. The molecule has 0 atom stereocenters. The van der Waals surface area contributed by atoms with Crippen LogP contribution >= 0.6 is 0 Å². The average molecular weight is 335 g/mol. The second-order valence-corrected chi connectivity index (χ2v) is 6.58. The highest BCUT2D eigenvalue weighted by Crippen LogP contribution is 2.13. The van der Waals surface area contributed by atoms with Gasteiger partial charge in [-0.1, -0.05) is 18.2 Å². The van der Waals surface area contributed by atoms with Crippen molar-refractivity contribution >= 4 is 16.0 Å². The SMILES string of the molecule is Cc1ccccc1S(=O)(=O)NCCOC(=O)c1ccc(O)cc1. The van der Waals surface area contributed by atoms with Crippen LogP contribution in [0, 0.1) is 6.92 Å². The predicted octanol–water partition coefficient (Wildman–Crippen LogP) is 1.84. The van der Waals surface area contributed by atoms with E-state index in [9.17, 15) is 13.2 Å². The van der Waals surface area contributed by atoms with Crippen LogP contribution in [-0.2, 0) is 14.8 Å². The van der Waals surface area contributed by atoms with Crippen molar-refractivity contribution in [2.75, 3.05) is 13.2 Å². The van der Waals surface area contributed by atoms with Crippen molar-refractivity contribution in [3.63, 3.8) is 0 Å². The Kier molecular flexibility index (Phi) is 5.36. The number of carbonyl (C=O) groups excluding carboxylic acids is 1. The molecule has 0 radical (unpaired) electrons. The third kappa shape index (κ3) is 4.54. The number of phenolic OH excluding ortho intramolecular Hbond substituents is 1. The van der Waals surface area contributed by atoms with E-state index in [4.69, 9.17) is 9.84 Å². The summed E-state index contributed by atoms with van der Waals surface area (Å²) in [6.07, 6.45) is 0. The molecule has 0 unspecified atom stereocenters. The standard InChI is InChI=1S/C16H17NO5S/c1-12-4-2-3-5-15(12)23(20,21)17-10-11-22-16(19)13-6-8-14(18)9-7-13/h2-9,17-18H,10-11H2,1H3. The number of nitrogens with one attached hydrogen (secondary N) is 1. The second-order valence-electron chi connectivity index (χ2n) is 4.85. The summed E-state index contributed by atoms with van der Waals surface area (Å²) in [5.74, 6) is -0.535. The van der Waals surface area contributed by atoms with Crippen LogP contribution in [0.4, 0.5) is 0 Å². The van der Waals surface area contributed by atoms with Crippen molar-refractivity contribution in [3.05, 3.63) is 59.7 Å². The van der Waals surface area contributed by atoms with Crippen LogP contribution in [0.3, 0.4) is 0 Å². The Hall–Kier alpha value is -2.38. The van der Waals surface area contributed by atoms with Crippen molar-refractivity contribution in [1.82, 2.24) is 4.72 Å². The lowest BCUT2D eigenvalue weighted by Gasteiger charge is -2.09. The number of ether oxygens (including phenoxy) is 1. The van der Waals surface area contributed by atoms with Crippen LogP contribution < -0.4 is 4.72 Å². The first-order valence-corrected chi connectivity index (χ1v) is 8.40. The summed E-state index contributed by atoms with van der Waals surface area (Å²) in [6.45, 7) is 1.59. The highest BCUT2D eigenvalue weighted by Gasteiger charge is 2.15. The van der Waals surface area contributed by atoms with Crippen LogP contribution in [0.15, 0.2) is 53.4 Å². The van der Waals surface area contributed by atoms with Gasteiger partial charge in [0, 0.05) is 6.54 Å². The summed E-state index contributed by atoms with van der Waals surface area (Å²) >= 11 is 0. The molecular weight excluding hydrogens is 318 g/mol. The van der Waals surface area contributed by atoms with Gasteiger partial charge in [0.25, 0.3) is 0 Å². The summed E-state index contributed by atoms with van der Waals surface area (Å²) in [7, 11) is -3.63. The quantitative estimate of drug-likeness (QED) is 0.621. The Bertz CT molecular complexity index is 784. The van der Waals surface area contributed by atoms with Crippen LogP contribution in [0.5, 0.6) is 5.75 Å². The summed E-state index contributed by atoms with van der Waals surface area (Å²) in [4.78, 5) is 11.9. The van der Waals surface area contributed by atoms with E-state index < -0.39 is 16.0 Å². The minimum atomic E-state index is -3.63. The second kappa shape index (κ2) is 7.26. The lowest BCUT2D eigenvalue weighted by Crippen LogP contribution is -2.28. The summed E-state index contributed by atoms with van der Waals surface area (Å²) in [5, 5.41) is 9.14. The number of rotatable bonds is 6. The molecule has 0 aliphatic heterocycles. The van der Waals surface area contributed by atoms with E-state index in [0.717, 1.165) is 0 Å². The number of esters is 1. The molecule has 0 bridgehead atoms. The molecule has 7 heteroatoms. The number of aromatic hydroxyl groups is 1. The molecule has 122 valence electrons. The van der Waals surface area contributed by atoms with E-state index in [1.165, 1.54) is 30.3 Å². The highest BCUT2D eigenvalue weighted by molar-refractivity contribution is 7.89. The Morgan fingerprint density at radius 2 is 1.78 bits per heavy atom. The molecule has 2 N–H and O–H groups in total. The number of hydrogen-bond acceptors (Lipinski definition) is 5. The van der Waals surface area contributed by atoms with E-state index in [1.54, 1.807) is 25.1 Å². The molecule has 0 aliphatic carbocycles. The zero-order valence-electron chi connectivity index (χ0n) is 12.5. The van der Waals surface area contributed by atoms with Gasteiger partial charge in [-0.3, -0.25) is 0 Å². The predicted molar refractivity (Wildman–Crippen MR) is 84.8 cm³/mol. The maximum Gasteiger partial charge on any atom is 0.338 e. The number of aryl methyl sites for hydroxylation is 1. The van der Waals surface area contributed by atoms with E-state index >= 15 is 0 Å². The molecule has 0 aromatic heterocycles. The van der Waals surface area contributed by atoms with Crippen molar-refractivity contribution in [2.24, 2.45) is 0 Å². The van der Waals surface area contributed by atoms with Gasteiger partial charge in [-0.25, -0.2) is 17.9 Å². The van der Waals surface area contributed by atoms with Crippen molar-refractivity contribution in [1.29, 1.82) is 0 Å². The molecule has 0 saturated heterocycles.